The number of nitrogens with zero attached hydrogens (tertiary/aromatic N) is 2. The molecular formula is C38H50N4O7. The molecule has 49 heavy (non-hydrogen) atoms. The first-order chi connectivity index (χ1) is 23.3. The van der Waals surface area contributed by atoms with E-state index in [2.05, 4.69) is 34.6 Å². The number of hydrogen-bond acceptors (Lipinski definition) is 8. The predicted molar refractivity (Wildman–Crippen MR) is 189 cm³/mol. The van der Waals surface area contributed by atoms with Gasteiger partial charge in [-0.25, -0.2) is 0 Å². The van der Waals surface area contributed by atoms with Crippen molar-refractivity contribution in [2.45, 2.75) is 71.6 Å². The van der Waals surface area contributed by atoms with Gasteiger partial charge >= 0.3 is 11.9 Å². The van der Waals surface area contributed by atoms with Crippen LogP contribution in [0.3, 0.4) is 0 Å². The van der Waals surface area contributed by atoms with Gasteiger partial charge in [-0.05, 0) is 62.9 Å². The molecule has 264 valence electrons. The minimum Gasteiger partial charge on any atom is -0.492 e. The van der Waals surface area contributed by atoms with Crippen LogP contribution in [0, 0.1) is 26.9 Å². The third kappa shape index (κ3) is 7.95. The van der Waals surface area contributed by atoms with E-state index >= 15 is 0 Å². The Morgan fingerprint density at radius 1 is 0.939 bits per heavy atom. The van der Waals surface area contributed by atoms with E-state index < -0.39 is 51.6 Å². The standard InChI is InChI=1S/C38H50N4O7/c1-26(2)38(36(45)46)29(5)40-28(4)37(35(43)44,34(38)31-15-12-16-32(23-31)42(47)48)19-20-39-21-22-41(24-30-13-8-6-9-14-30)27(3)25-49-33-17-10-7-11-18-33/h6-18,23,26-29,34,39-40H,19-22,24-25H2,1-5H3,(H,43,44)(H,45,46). The fourth-order valence-electron chi connectivity index (χ4n) is 7.90. The van der Waals surface area contributed by atoms with Crippen LogP contribution in [0.25, 0.3) is 0 Å². The maximum Gasteiger partial charge on any atom is 0.312 e. The SMILES string of the molecule is CC(COc1ccccc1)N(CCNCCC1(C(=O)O)C(C)NC(C)C(C(=O)O)(C(C)C)C1c1cccc([N+](=O)[O-])c1)Cc1ccccc1. The number of nitro benzene ring substituents is 1. The monoisotopic (exact) mass is 674 g/mol. The maximum atomic E-state index is 13.6. The second-order valence-electron chi connectivity index (χ2n) is 13.6. The lowest BCUT2D eigenvalue weighted by Crippen LogP contribution is -2.71. The van der Waals surface area contributed by atoms with Crippen LogP contribution >= 0.6 is 0 Å². The molecule has 1 aliphatic rings. The summed E-state index contributed by atoms with van der Waals surface area (Å²) in [6.07, 6.45) is 0.101. The summed E-state index contributed by atoms with van der Waals surface area (Å²) in [5, 5.41) is 40.5. The number of para-hydroxylation sites is 1. The van der Waals surface area contributed by atoms with E-state index in [1.807, 2.05) is 48.5 Å². The number of non-ortho nitro benzene ring substituents is 1. The lowest BCUT2D eigenvalue weighted by Gasteiger charge is -2.59. The zero-order valence-electron chi connectivity index (χ0n) is 29.0. The van der Waals surface area contributed by atoms with Gasteiger partial charge in [0.25, 0.3) is 5.69 Å². The van der Waals surface area contributed by atoms with Crippen molar-refractivity contribution in [1.82, 2.24) is 15.5 Å². The molecule has 0 amide bonds. The van der Waals surface area contributed by atoms with Crippen LogP contribution in [0.1, 0.15) is 58.1 Å². The quantitative estimate of drug-likeness (QED) is 0.0784. The first-order valence-corrected chi connectivity index (χ1v) is 17.0. The molecule has 0 spiro atoms. The number of nitrogens with one attached hydrogen (secondary N) is 2. The van der Waals surface area contributed by atoms with E-state index in [9.17, 15) is 29.9 Å². The van der Waals surface area contributed by atoms with Gasteiger partial charge in [-0.1, -0.05) is 74.5 Å². The van der Waals surface area contributed by atoms with Crippen molar-refractivity contribution in [1.29, 1.82) is 0 Å². The average molecular weight is 675 g/mol. The van der Waals surface area contributed by atoms with Crippen LogP contribution in [-0.2, 0) is 16.1 Å². The van der Waals surface area contributed by atoms with Gasteiger partial charge in [-0.2, -0.15) is 0 Å². The molecule has 0 radical (unpaired) electrons. The topological polar surface area (TPSA) is 154 Å². The van der Waals surface area contributed by atoms with Crippen molar-refractivity contribution in [2.24, 2.45) is 16.7 Å². The lowest BCUT2D eigenvalue weighted by atomic mass is 9.48. The number of ether oxygens (including phenoxy) is 1. The van der Waals surface area contributed by atoms with Gasteiger partial charge in [0.15, 0.2) is 0 Å². The average Bonchev–Trinajstić information content (AvgIpc) is 3.07. The molecule has 4 N–H and O–H groups in total. The van der Waals surface area contributed by atoms with Crippen molar-refractivity contribution < 1.29 is 29.5 Å². The summed E-state index contributed by atoms with van der Waals surface area (Å²) in [7, 11) is 0. The highest BCUT2D eigenvalue weighted by atomic mass is 16.6. The van der Waals surface area contributed by atoms with Gasteiger partial charge in [-0.15, -0.1) is 0 Å². The molecule has 1 fully saturated rings. The Morgan fingerprint density at radius 2 is 1.59 bits per heavy atom. The third-order valence-corrected chi connectivity index (χ3v) is 10.5. The van der Waals surface area contributed by atoms with Crippen molar-refractivity contribution in [3.63, 3.8) is 0 Å². The number of piperidine rings is 1. The second-order valence-corrected chi connectivity index (χ2v) is 13.6. The summed E-state index contributed by atoms with van der Waals surface area (Å²) in [6.45, 7) is 11.9. The molecule has 11 nitrogen and oxygen atoms in total. The molecule has 1 saturated heterocycles. The molecule has 1 heterocycles. The van der Waals surface area contributed by atoms with Gasteiger partial charge in [0.2, 0.25) is 0 Å². The molecule has 3 aromatic rings. The molecule has 1 aliphatic heterocycles. The zero-order valence-corrected chi connectivity index (χ0v) is 29.0. The largest absolute Gasteiger partial charge is 0.492 e. The van der Waals surface area contributed by atoms with Crippen LogP contribution in [0.5, 0.6) is 5.75 Å². The number of rotatable bonds is 17. The van der Waals surface area contributed by atoms with E-state index in [0.717, 1.165) is 11.3 Å². The summed E-state index contributed by atoms with van der Waals surface area (Å²) >= 11 is 0. The third-order valence-electron chi connectivity index (χ3n) is 10.5. The van der Waals surface area contributed by atoms with E-state index in [4.69, 9.17) is 4.74 Å². The Hall–Kier alpha value is -4.32. The summed E-state index contributed by atoms with van der Waals surface area (Å²) in [6, 6.07) is 24.5. The van der Waals surface area contributed by atoms with Gasteiger partial charge in [0.05, 0.1) is 15.8 Å². The number of benzene rings is 3. The maximum absolute atomic E-state index is 13.6. The smallest absolute Gasteiger partial charge is 0.312 e. The fraction of sp³-hybridized carbons (Fsp3) is 0.474. The van der Waals surface area contributed by atoms with E-state index in [0.29, 0.717) is 38.3 Å². The Morgan fingerprint density at radius 3 is 2.18 bits per heavy atom. The molecule has 0 aliphatic carbocycles. The highest BCUT2D eigenvalue weighted by Crippen LogP contribution is 2.60. The lowest BCUT2D eigenvalue weighted by molar-refractivity contribution is -0.385. The minimum atomic E-state index is -1.60. The number of aliphatic carboxylic acids is 2. The van der Waals surface area contributed by atoms with Crippen LogP contribution in [-0.4, -0.2) is 76.3 Å². The number of carboxylic acid groups (broad SMARTS) is 2. The Labute approximate surface area is 288 Å². The molecule has 6 atom stereocenters. The highest BCUT2D eigenvalue weighted by molar-refractivity contribution is 5.84. The summed E-state index contributed by atoms with van der Waals surface area (Å²) in [4.78, 5) is 40.5. The summed E-state index contributed by atoms with van der Waals surface area (Å²) in [5.41, 5.74) is -1.87. The molecule has 6 unspecified atom stereocenters. The van der Waals surface area contributed by atoms with Crippen molar-refractivity contribution in [3.05, 3.63) is 106 Å². The van der Waals surface area contributed by atoms with Gasteiger partial charge < -0.3 is 25.6 Å². The second kappa shape index (κ2) is 16.4. The number of nitro groups is 1. The summed E-state index contributed by atoms with van der Waals surface area (Å²) < 4.78 is 6.06. The fourth-order valence-corrected chi connectivity index (χ4v) is 7.90. The van der Waals surface area contributed by atoms with Crippen LogP contribution in [0.15, 0.2) is 84.9 Å². The van der Waals surface area contributed by atoms with E-state index in [1.54, 1.807) is 33.8 Å². The van der Waals surface area contributed by atoms with E-state index in [1.165, 1.54) is 18.2 Å². The van der Waals surface area contributed by atoms with Crippen LogP contribution in [0.2, 0.25) is 0 Å². The van der Waals surface area contributed by atoms with E-state index in [-0.39, 0.29) is 18.2 Å². The van der Waals surface area contributed by atoms with Crippen molar-refractivity contribution in [2.75, 3.05) is 26.2 Å². The Kier molecular flexibility index (Phi) is 12.5. The first kappa shape index (κ1) is 37.5. The molecule has 4 rings (SSSR count). The van der Waals surface area contributed by atoms with Crippen LogP contribution < -0.4 is 15.4 Å². The van der Waals surface area contributed by atoms with Crippen LogP contribution in [0.4, 0.5) is 5.69 Å². The van der Waals surface area contributed by atoms with Gasteiger partial charge in [-0.3, -0.25) is 24.6 Å². The predicted octanol–water partition coefficient (Wildman–Crippen LogP) is 5.81. The molecule has 0 saturated carbocycles. The normalized spacial score (nSPS) is 24.4. The first-order valence-electron chi connectivity index (χ1n) is 17.0. The van der Waals surface area contributed by atoms with Crippen molar-refractivity contribution >= 4 is 17.6 Å². The van der Waals surface area contributed by atoms with Gasteiger partial charge in [0, 0.05) is 55.8 Å². The number of hydrogen-bond donors (Lipinski definition) is 4. The zero-order chi connectivity index (χ0) is 35.8. The number of carboxylic acids is 2. The Balaban J connectivity index is 1.59. The molecular weight excluding hydrogens is 624 g/mol. The Bertz CT molecular complexity index is 1560. The molecule has 0 bridgehead atoms. The summed E-state index contributed by atoms with van der Waals surface area (Å²) in [5.74, 6) is -3.03. The highest BCUT2D eigenvalue weighted by Gasteiger charge is 2.67. The molecule has 3 aromatic carbocycles. The molecule has 0 aromatic heterocycles. The number of carbonyl (C=O) groups is 2. The minimum absolute atomic E-state index is 0.0668. The van der Waals surface area contributed by atoms with Gasteiger partial charge in [0.1, 0.15) is 12.4 Å². The molecule has 11 heteroatoms. The van der Waals surface area contributed by atoms with Crippen molar-refractivity contribution in [3.8, 4) is 5.75 Å².